The van der Waals surface area contributed by atoms with E-state index in [2.05, 4.69) is 15.6 Å². The predicted octanol–water partition coefficient (Wildman–Crippen LogP) is 4.89. The summed E-state index contributed by atoms with van der Waals surface area (Å²) in [6, 6.07) is 20.2. The van der Waals surface area contributed by atoms with Gasteiger partial charge in [0, 0.05) is 42.3 Å². The van der Waals surface area contributed by atoms with E-state index in [9.17, 15) is 18.5 Å². The lowest BCUT2D eigenvalue weighted by Crippen LogP contribution is -2.54. The summed E-state index contributed by atoms with van der Waals surface area (Å²) in [6.45, 7) is 3.03. The van der Waals surface area contributed by atoms with Gasteiger partial charge < -0.3 is 20.4 Å². The lowest BCUT2D eigenvalue weighted by Gasteiger charge is -2.42. The Labute approximate surface area is 227 Å². The molecule has 0 radical (unpaired) electrons. The van der Waals surface area contributed by atoms with E-state index < -0.39 is 15.9 Å². The van der Waals surface area contributed by atoms with Crippen LogP contribution in [0.15, 0.2) is 82.7 Å². The maximum Gasteiger partial charge on any atom is 0.322 e. The molecular formula is C27H27ClN6O3S. The fourth-order valence-corrected chi connectivity index (χ4v) is 4.98. The number of hydrogen-bond donors (Lipinski definition) is 2. The molecule has 1 atom stereocenters. The molecule has 38 heavy (non-hydrogen) atoms. The second-order valence-electron chi connectivity index (χ2n) is 8.91. The van der Waals surface area contributed by atoms with Gasteiger partial charge in [-0.3, -0.25) is 0 Å². The summed E-state index contributed by atoms with van der Waals surface area (Å²) in [5, 5.41) is 16.1. The first-order valence-corrected chi connectivity index (χ1v) is 14.1. The minimum atomic E-state index is -3.37. The van der Waals surface area contributed by atoms with Crippen molar-refractivity contribution in [3.8, 4) is 6.19 Å². The lowest BCUT2D eigenvalue weighted by atomic mass is 10.0. The highest BCUT2D eigenvalue weighted by molar-refractivity contribution is 7.90. The fraction of sp³-hybridized carbons (Fsp3) is 0.222. The first kappa shape index (κ1) is 27.0. The number of halogens is 1. The Hall–Kier alpha value is -4.07. The summed E-state index contributed by atoms with van der Waals surface area (Å²) in [5.74, 6) is 0.373. The zero-order valence-corrected chi connectivity index (χ0v) is 22.5. The van der Waals surface area contributed by atoms with E-state index in [0.29, 0.717) is 36.3 Å². The fourth-order valence-electron chi connectivity index (χ4n) is 4.23. The standard InChI is InChI=1S/C27H27ClN6O3S/c1-19-5-3-4-6-24(19)32-26(30-18-29)33-15-16-34(27(35)31-22-11-9-21(28)10-12-22)25(17-33)20-7-13-23(14-8-20)38(2,36)37/h3-14,25H,15-17H2,1-2H3,(H,30,32)(H,31,35). The Kier molecular flexibility index (Phi) is 8.20. The molecule has 0 aliphatic carbocycles. The Morgan fingerprint density at radius 2 is 1.71 bits per heavy atom. The number of hydrogen-bond acceptors (Lipinski definition) is 5. The summed E-state index contributed by atoms with van der Waals surface area (Å²) in [5.41, 5.74) is 3.16. The number of urea groups is 1. The van der Waals surface area contributed by atoms with Gasteiger partial charge in [-0.05, 0) is 60.5 Å². The van der Waals surface area contributed by atoms with Crippen LogP contribution >= 0.6 is 11.6 Å². The third-order valence-electron chi connectivity index (χ3n) is 6.28. The number of piperazine rings is 1. The molecule has 1 saturated heterocycles. The van der Waals surface area contributed by atoms with Gasteiger partial charge >= 0.3 is 6.03 Å². The summed E-state index contributed by atoms with van der Waals surface area (Å²) < 4.78 is 24.0. The van der Waals surface area contributed by atoms with E-state index in [1.165, 1.54) is 12.1 Å². The number of amides is 2. The van der Waals surface area contributed by atoms with Crippen molar-refractivity contribution in [2.24, 2.45) is 4.99 Å². The third kappa shape index (κ3) is 6.43. The van der Waals surface area contributed by atoms with Crippen LogP contribution in [0.25, 0.3) is 0 Å². The quantitative estimate of drug-likeness (QED) is 0.271. The van der Waals surface area contributed by atoms with Gasteiger partial charge in [0.05, 0.1) is 10.9 Å². The smallest absolute Gasteiger partial charge is 0.322 e. The molecule has 3 aromatic rings. The number of guanidine groups is 1. The highest BCUT2D eigenvalue weighted by atomic mass is 35.5. The van der Waals surface area contributed by atoms with Crippen molar-refractivity contribution in [3.05, 3.63) is 88.9 Å². The molecular weight excluding hydrogens is 524 g/mol. The van der Waals surface area contributed by atoms with Crippen molar-refractivity contribution in [1.82, 2.24) is 9.80 Å². The second-order valence-corrected chi connectivity index (χ2v) is 11.4. The van der Waals surface area contributed by atoms with E-state index in [1.807, 2.05) is 42.3 Å². The number of aryl methyl sites for hydroxylation is 1. The second kappa shape index (κ2) is 11.5. The highest BCUT2D eigenvalue weighted by Gasteiger charge is 2.33. The van der Waals surface area contributed by atoms with Crippen LogP contribution in [0.3, 0.4) is 0 Å². The molecule has 1 heterocycles. The molecule has 9 nitrogen and oxygen atoms in total. The SMILES string of the molecule is Cc1ccccc1N/C(=N/C#N)N1CCN(C(=O)Nc2ccc(Cl)cc2)C(c2ccc(S(C)(=O)=O)cc2)C1. The van der Waals surface area contributed by atoms with Gasteiger partial charge in [-0.2, -0.15) is 5.26 Å². The van der Waals surface area contributed by atoms with Crippen molar-refractivity contribution in [2.75, 3.05) is 36.5 Å². The number of anilines is 2. The molecule has 0 aromatic heterocycles. The van der Waals surface area contributed by atoms with Gasteiger partial charge in [-0.15, -0.1) is 4.99 Å². The molecule has 2 N–H and O–H groups in total. The summed E-state index contributed by atoms with van der Waals surface area (Å²) >= 11 is 5.97. The number of carbonyl (C=O) groups is 1. The molecule has 196 valence electrons. The van der Waals surface area contributed by atoms with Crippen molar-refractivity contribution < 1.29 is 13.2 Å². The molecule has 1 aliphatic heterocycles. The van der Waals surface area contributed by atoms with Crippen LogP contribution in [0.5, 0.6) is 0 Å². The Balaban J connectivity index is 1.64. The number of sulfone groups is 1. The van der Waals surface area contributed by atoms with Crippen LogP contribution in [0, 0.1) is 18.4 Å². The molecule has 2 amide bonds. The van der Waals surface area contributed by atoms with Crippen molar-refractivity contribution in [2.45, 2.75) is 17.9 Å². The van der Waals surface area contributed by atoms with Crippen LogP contribution in [0.4, 0.5) is 16.2 Å². The minimum Gasteiger partial charge on any atom is -0.338 e. The number of rotatable bonds is 4. The van der Waals surface area contributed by atoms with E-state index >= 15 is 0 Å². The lowest BCUT2D eigenvalue weighted by molar-refractivity contribution is 0.136. The third-order valence-corrected chi connectivity index (χ3v) is 7.66. The van der Waals surface area contributed by atoms with Crippen molar-refractivity contribution >= 4 is 44.8 Å². The predicted molar refractivity (Wildman–Crippen MR) is 149 cm³/mol. The largest absolute Gasteiger partial charge is 0.338 e. The zero-order valence-electron chi connectivity index (χ0n) is 20.9. The number of nitrogens with zero attached hydrogens (tertiary/aromatic N) is 4. The van der Waals surface area contributed by atoms with Crippen LogP contribution in [0.2, 0.25) is 5.02 Å². The number of nitriles is 1. The van der Waals surface area contributed by atoms with Crippen molar-refractivity contribution in [3.63, 3.8) is 0 Å². The van der Waals surface area contributed by atoms with Gasteiger partial charge in [0.15, 0.2) is 9.84 Å². The number of aliphatic imine (C=N–C) groups is 1. The van der Waals surface area contributed by atoms with Crippen LogP contribution < -0.4 is 10.6 Å². The molecule has 0 saturated carbocycles. The van der Waals surface area contributed by atoms with Crippen LogP contribution in [0.1, 0.15) is 17.2 Å². The summed E-state index contributed by atoms with van der Waals surface area (Å²) in [7, 11) is -3.37. The number of nitrogens with one attached hydrogen (secondary N) is 2. The molecule has 4 rings (SSSR count). The first-order valence-electron chi connectivity index (χ1n) is 11.8. The Bertz CT molecular complexity index is 1480. The van der Waals surface area contributed by atoms with E-state index in [0.717, 1.165) is 23.1 Å². The monoisotopic (exact) mass is 550 g/mol. The van der Waals surface area contributed by atoms with Gasteiger partial charge in [0.1, 0.15) is 0 Å². The number of benzene rings is 3. The highest BCUT2D eigenvalue weighted by Crippen LogP contribution is 2.28. The topological polar surface area (TPSA) is 118 Å². The van der Waals surface area contributed by atoms with Gasteiger partial charge in [-0.25, -0.2) is 13.2 Å². The molecule has 1 aliphatic rings. The first-order chi connectivity index (χ1) is 18.2. The Morgan fingerprint density at radius 1 is 1.03 bits per heavy atom. The van der Waals surface area contributed by atoms with Crippen molar-refractivity contribution in [1.29, 1.82) is 5.26 Å². The van der Waals surface area contributed by atoms with Gasteiger partial charge in [0.25, 0.3) is 0 Å². The number of carbonyl (C=O) groups excluding carboxylic acids is 1. The van der Waals surface area contributed by atoms with E-state index in [4.69, 9.17) is 11.6 Å². The minimum absolute atomic E-state index is 0.194. The zero-order chi connectivity index (χ0) is 27.3. The maximum absolute atomic E-state index is 13.4. The van der Waals surface area contributed by atoms with Gasteiger partial charge in [0.2, 0.25) is 12.2 Å². The van der Waals surface area contributed by atoms with Crippen LogP contribution in [-0.4, -0.2) is 56.1 Å². The summed E-state index contributed by atoms with van der Waals surface area (Å²) in [6.07, 6.45) is 3.02. The summed E-state index contributed by atoms with van der Waals surface area (Å²) in [4.78, 5) is 21.2. The Morgan fingerprint density at radius 3 is 2.34 bits per heavy atom. The molecule has 0 spiro atoms. The molecule has 0 bridgehead atoms. The van der Waals surface area contributed by atoms with Gasteiger partial charge in [-0.1, -0.05) is 41.9 Å². The molecule has 1 fully saturated rings. The van der Waals surface area contributed by atoms with E-state index in [-0.39, 0.29) is 10.9 Å². The molecule has 11 heteroatoms. The molecule has 3 aromatic carbocycles. The average Bonchev–Trinajstić information content (AvgIpc) is 2.90. The average molecular weight is 551 g/mol. The normalized spacial score (nSPS) is 16.1. The molecule has 1 unspecified atom stereocenters. The maximum atomic E-state index is 13.4. The number of para-hydroxylation sites is 1. The van der Waals surface area contributed by atoms with Crippen LogP contribution in [-0.2, 0) is 9.84 Å². The van der Waals surface area contributed by atoms with E-state index in [1.54, 1.807) is 41.3 Å².